The Morgan fingerprint density at radius 2 is 1.81 bits per heavy atom. The highest BCUT2D eigenvalue weighted by Gasteiger charge is 2.23. The highest BCUT2D eigenvalue weighted by Crippen LogP contribution is 2.34. The van der Waals surface area contributed by atoms with E-state index < -0.39 is 0 Å². The van der Waals surface area contributed by atoms with Crippen LogP contribution in [0.1, 0.15) is 12.5 Å². The normalized spacial score (nSPS) is 13.4. The van der Waals surface area contributed by atoms with Crippen LogP contribution in [0.3, 0.4) is 0 Å². The maximum absolute atomic E-state index is 12.1. The van der Waals surface area contributed by atoms with Gasteiger partial charge in [0.15, 0.2) is 0 Å². The third-order valence-corrected chi connectivity index (χ3v) is 3.49. The first-order valence-electron chi connectivity index (χ1n) is 7.09. The van der Waals surface area contributed by atoms with Crippen LogP contribution >= 0.6 is 0 Å². The fourth-order valence-electron chi connectivity index (χ4n) is 2.53. The molecule has 0 amide bonds. The lowest BCUT2D eigenvalue weighted by atomic mass is 10.0. The Morgan fingerprint density at radius 3 is 2.57 bits per heavy atom. The zero-order chi connectivity index (χ0) is 14.7. The monoisotopic (exact) mass is 279 g/mol. The van der Waals surface area contributed by atoms with Crippen LogP contribution in [0, 0.1) is 0 Å². The quantitative estimate of drug-likeness (QED) is 0.801. The van der Waals surface area contributed by atoms with Crippen molar-refractivity contribution in [3.63, 3.8) is 0 Å². The molecule has 1 aliphatic rings. The highest BCUT2D eigenvalue weighted by molar-refractivity contribution is 5.98. The number of benzene rings is 2. The van der Waals surface area contributed by atoms with Gasteiger partial charge in [0.1, 0.15) is 0 Å². The number of ether oxygens (including phenoxy) is 1. The third-order valence-electron chi connectivity index (χ3n) is 3.49. The van der Waals surface area contributed by atoms with Crippen molar-refractivity contribution >= 4 is 23.4 Å². The highest BCUT2D eigenvalue weighted by atomic mass is 16.5. The van der Waals surface area contributed by atoms with E-state index in [9.17, 15) is 4.79 Å². The summed E-state index contributed by atoms with van der Waals surface area (Å²) in [6, 6.07) is 18.2. The van der Waals surface area contributed by atoms with Crippen LogP contribution in [-0.4, -0.2) is 19.1 Å². The molecule has 0 bridgehead atoms. The largest absolute Gasteiger partial charge is 0.463 e. The molecule has 0 fully saturated rings. The maximum atomic E-state index is 12.1. The Bertz CT molecular complexity index is 677. The molecule has 0 atom stereocenters. The minimum atomic E-state index is -0.243. The van der Waals surface area contributed by atoms with Crippen molar-refractivity contribution in [1.82, 2.24) is 0 Å². The zero-order valence-corrected chi connectivity index (χ0v) is 12.0. The van der Waals surface area contributed by atoms with Gasteiger partial charge < -0.3 is 9.64 Å². The van der Waals surface area contributed by atoms with Gasteiger partial charge in [0.05, 0.1) is 18.7 Å². The predicted molar refractivity (Wildman–Crippen MR) is 84.5 cm³/mol. The van der Waals surface area contributed by atoms with Gasteiger partial charge in [-0.15, -0.1) is 0 Å². The average molecular weight is 279 g/mol. The first kappa shape index (κ1) is 13.4. The fraction of sp³-hybridized carbons (Fsp3) is 0.167. The van der Waals surface area contributed by atoms with Gasteiger partial charge in [0.2, 0.25) is 0 Å². The van der Waals surface area contributed by atoms with Crippen LogP contribution in [-0.2, 0) is 9.53 Å². The number of nitrogens with zero attached hydrogens (tertiary/aromatic N) is 1. The lowest BCUT2D eigenvalue weighted by Gasteiger charge is -2.30. The molecular formula is C18H17NO2. The van der Waals surface area contributed by atoms with Gasteiger partial charge in [0.25, 0.3) is 0 Å². The standard InChI is InChI=1S/C18H17NO2/c1-2-21-18(20)15-12-14-8-6-7-11-17(14)19(13-15)16-9-4-3-5-10-16/h3-12H,2,13H2,1H3. The molecule has 3 rings (SSSR count). The number of hydrogen-bond donors (Lipinski definition) is 0. The van der Waals surface area contributed by atoms with E-state index in [0.29, 0.717) is 18.7 Å². The van der Waals surface area contributed by atoms with Gasteiger partial charge in [-0.05, 0) is 36.8 Å². The van der Waals surface area contributed by atoms with E-state index in [1.807, 2.05) is 61.5 Å². The third kappa shape index (κ3) is 2.68. The molecule has 2 aromatic carbocycles. The number of anilines is 2. The van der Waals surface area contributed by atoms with Crippen molar-refractivity contribution in [2.45, 2.75) is 6.92 Å². The molecule has 0 aromatic heterocycles. The summed E-state index contributed by atoms with van der Waals surface area (Å²) in [4.78, 5) is 14.2. The molecule has 1 aliphatic heterocycles. The topological polar surface area (TPSA) is 29.5 Å². The fourth-order valence-corrected chi connectivity index (χ4v) is 2.53. The van der Waals surface area contributed by atoms with Crippen molar-refractivity contribution in [2.75, 3.05) is 18.1 Å². The second kappa shape index (κ2) is 5.83. The molecule has 0 unspecified atom stereocenters. The molecule has 0 N–H and O–H groups in total. The molecule has 0 saturated carbocycles. The lowest BCUT2D eigenvalue weighted by Crippen LogP contribution is -2.27. The Hall–Kier alpha value is -2.55. The van der Waals surface area contributed by atoms with Crippen LogP contribution < -0.4 is 4.90 Å². The van der Waals surface area contributed by atoms with Crippen LogP contribution in [0.15, 0.2) is 60.2 Å². The van der Waals surface area contributed by atoms with Gasteiger partial charge in [-0.2, -0.15) is 0 Å². The van der Waals surface area contributed by atoms with Crippen molar-refractivity contribution < 1.29 is 9.53 Å². The van der Waals surface area contributed by atoms with Crippen LogP contribution in [0.5, 0.6) is 0 Å². The average Bonchev–Trinajstić information content (AvgIpc) is 2.55. The van der Waals surface area contributed by atoms with E-state index >= 15 is 0 Å². The summed E-state index contributed by atoms with van der Waals surface area (Å²) in [5, 5.41) is 0. The second-order valence-electron chi connectivity index (χ2n) is 4.87. The van der Waals surface area contributed by atoms with E-state index in [4.69, 9.17) is 4.74 Å². The smallest absolute Gasteiger partial charge is 0.335 e. The number of esters is 1. The number of carbonyl (C=O) groups excluding carboxylic acids is 1. The molecule has 21 heavy (non-hydrogen) atoms. The summed E-state index contributed by atoms with van der Waals surface area (Å²) < 4.78 is 5.15. The summed E-state index contributed by atoms with van der Waals surface area (Å²) in [6.45, 7) is 2.74. The summed E-state index contributed by atoms with van der Waals surface area (Å²) in [6.07, 6.45) is 1.92. The van der Waals surface area contributed by atoms with E-state index in [1.165, 1.54) is 0 Å². The van der Waals surface area contributed by atoms with Crippen molar-refractivity contribution in [2.24, 2.45) is 0 Å². The van der Waals surface area contributed by atoms with Gasteiger partial charge in [-0.1, -0.05) is 36.4 Å². The minimum absolute atomic E-state index is 0.243. The Kier molecular flexibility index (Phi) is 3.73. The molecule has 0 spiro atoms. The van der Waals surface area contributed by atoms with Crippen LogP contribution in [0.25, 0.3) is 6.08 Å². The van der Waals surface area contributed by atoms with Gasteiger partial charge in [-0.3, -0.25) is 0 Å². The summed E-state index contributed by atoms with van der Waals surface area (Å²) >= 11 is 0. The molecule has 1 heterocycles. The predicted octanol–water partition coefficient (Wildman–Crippen LogP) is 3.78. The van der Waals surface area contributed by atoms with E-state index in [2.05, 4.69) is 11.0 Å². The van der Waals surface area contributed by atoms with E-state index in [1.54, 1.807) is 0 Å². The van der Waals surface area contributed by atoms with E-state index in [-0.39, 0.29) is 5.97 Å². The van der Waals surface area contributed by atoms with Crippen molar-refractivity contribution in [3.05, 3.63) is 65.7 Å². The van der Waals surface area contributed by atoms with Crippen LogP contribution in [0.2, 0.25) is 0 Å². The molecule has 106 valence electrons. The molecule has 2 aromatic rings. The zero-order valence-electron chi connectivity index (χ0n) is 12.0. The maximum Gasteiger partial charge on any atom is 0.335 e. The number of hydrogen-bond acceptors (Lipinski definition) is 3. The van der Waals surface area contributed by atoms with Gasteiger partial charge >= 0.3 is 5.97 Å². The molecule has 3 nitrogen and oxygen atoms in total. The van der Waals surface area contributed by atoms with Gasteiger partial charge in [-0.25, -0.2) is 4.79 Å². The van der Waals surface area contributed by atoms with Crippen molar-refractivity contribution in [1.29, 1.82) is 0 Å². The van der Waals surface area contributed by atoms with Crippen LogP contribution in [0.4, 0.5) is 11.4 Å². The molecule has 3 heteroatoms. The molecule has 0 saturated heterocycles. The molecular weight excluding hydrogens is 262 g/mol. The Labute approximate surface area is 124 Å². The Balaban J connectivity index is 2.03. The summed E-state index contributed by atoms with van der Waals surface area (Å²) in [5.74, 6) is -0.243. The summed E-state index contributed by atoms with van der Waals surface area (Å²) in [7, 11) is 0. The number of fused-ring (bicyclic) bond motifs is 1. The lowest BCUT2D eigenvalue weighted by molar-refractivity contribution is -0.138. The second-order valence-corrected chi connectivity index (χ2v) is 4.87. The van der Waals surface area contributed by atoms with Gasteiger partial charge in [0, 0.05) is 11.4 Å². The SMILES string of the molecule is CCOC(=O)C1=Cc2ccccc2N(c2ccccc2)C1. The van der Waals surface area contributed by atoms with Crippen molar-refractivity contribution in [3.8, 4) is 0 Å². The number of para-hydroxylation sites is 2. The molecule has 0 aliphatic carbocycles. The molecule has 0 radical (unpaired) electrons. The minimum Gasteiger partial charge on any atom is -0.463 e. The summed E-state index contributed by atoms with van der Waals surface area (Å²) in [5.41, 5.74) is 3.90. The Morgan fingerprint density at radius 1 is 1.10 bits per heavy atom. The first-order chi connectivity index (χ1) is 10.3. The van der Waals surface area contributed by atoms with E-state index in [0.717, 1.165) is 16.9 Å². The first-order valence-corrected chi connectivity index (χ1v) is 7.09. The number of rotatable bonds is 3. The number of carbonyl (C=O) groups is 1.